The van der Waals surface area contributed by atoms with E-state index in [9.17, 15) is 31.9 Å². The summed E-state index contributed by atoms with van der Waals surface area (Å²) in [6.07, 6.45) is 8.91. The van der Waals surface area contributed by atoms with Gasteiger partial charge in [-0.2, -0.15) is 0 Å². The van der Waals surface area contributed by atoms with Crippen molar-refractivity contribution in [2.24, 2.45) is 11.8 Å². The lowest BCUT2D eigenvalue weighted by atomic mass is 9.68. The van der Waals surface area contributed by atoms with Gasteiger partial charge >= 0.3 is 0 Å². The molecule has 304 valence electrons. The third-order valence-corrected chi connectivity index (χ3v) is 14.9. The molecular weight excluding hydrogens is 766 g/mol. The van der Waals surface area contributed by atoms with Crippen LogP contribution in [-0.2, 0) is 41.8 Å². The van der Waals surface area contributed by atoms with E-state index in [1.807, 2.05) is 24.3 Å². The van der Waals surface area contributed by atoms with Crippen molar-refractivity contribution < 1.29 is 41.4 Å². The zero-order chi connectivity index (χ0) is 39.5. The van der Waals surface area contributed by atoms with Crippen LogP contribution in [0.5, 0.6) is 5.75 Å². The van der Waals surface area contributed by atoms with E-state index >= 15 is 0 Å². The number of alkyl halides is 2. The zero-order valence-electron chi connectivity index (χ0n) is 31.7. The number of halogens is 3. The van der Waals surface area contributed by atoms with E-state index in [4.69, 9.17) is 21.1 Å². The van der Waals surface area contributed by atoms with Gasteiger partial charge in [0.25, 0.3) is 11.8 Å². The molecule has 3 aliphatic carbocycles. The molecule has 1 saturated heterocycles. The summed E-state index contributed by atoms with van der Waals surface area (Å²) in [5.41, 5.74) is 0.182. The summed E-state index contributed by atoms with van der Waals surface area (Å²) < 4.78 is 68.3. The van der Waals surface area contributed by atoms with Gasteiger partial charge in [0.15, 0.2) is 5.60 Å². The van der Waals surface area contributed by atoms with E-state index in [1.54, 1.807) is 30.1 Å². The first-order valence-corrected chi connectivity index (χ1v) is 21.8. The number of sulfonamides is 1. The van der Waals surface area contributed by atoms with Crippen LogP contribution in [-0.4, -0.2) is 112 Å². The first kappa shape index (κ1) is 39.5. The predicted octanol–water partition coefficient (Wildman–Crippen LogP) is 4.78. The molecule has 15 heteroatoms. The highest BCUT2D eigenvalue weighted by molar-refractivity contribution is 7.90. The maximum Gasteiger partial charge on any atom is 0.272 e. The molecule has 2 aromatic rings. The number of anilines is 1. The summed E-state index contributed by atoms with van der Waals surface area (Å²) >= 11 is 6.47. The Labute approximate surface area is 332 Å². The highest BCUT2D eigenvalue weighted by Gasteiger charge is 2.49. The summed E-state index contributed by atoms with van der Waals surface area (Å²) in [5.74, 6) is -3.47. The molecule has 6 aliphatic rings. The Morgan fingerprint density at radius 1 is 1.11 bits per heavy atom. The fourth-order valence-corrected chi connectivity index (χ4v) is 10.8. The van der Waals surface area contributed by atoms with Crippen LogP contribution in [0.15, 0.2) is 48.6 Å². The second-order valence-electron chi connectivity index (χ2n) is 16.9. The third kappa shape index (κ3) is 7.93. The van der Waals surface area contributed by atoms with Gasteiger partial charge < -0.3 is 24.4 Å². The normalized spacial score (nSPS) is 31.2. The van der Waals surface area contributed by atoms with Crippen LogP contribution in [0.4, 0.5) is 14.5 Å². The number of nitrogens with one attached hydrogen (secondary N) is 1. The van der Waals surface area contributed by atoms with Crippen LogP contribution in [0, 0.1) is 11.8 Å². The summed E-state index contributed by atoms with van der Waals surface area (Å²) in [6, 6.07) is 11.0. The number of benzene rings is 2. The molecule has 2 N–H and O–H groups in total. The van der Waals surface area contributed by atoms with Crippen LogP contribution in [0.25, 0.3) is 0 Å². The molecular formula is C41H51ClF2N4O7S. The lowest BCUT2D eigenvalue weighted by Crippen LogP contribution is -2.57. The maximum absolute atomic E-state index is 14.0. The summed E-state index contributed by atoms with van der Waals surface area (Å²) in [5, 5.41) is 12.3. The van der Waals surface area contributed by atoms with Gasteiger partial charge in [0.1, 0.15) is 5.75 Å². The first-order valence-electron chi connectivity index (χ1n) is 19.9. The van der Waals surface area contributed by atoms with Crippen molar-refractivity contribution in [2.45, 2.75) is 86.1 Å². The second-order valence-corrected chi connectivity index (χ2v) is 19.3. The number of hydrogen-bond donors (Lipinski definition) is 2. The van der Waals surface area contributed by atoms with Gasteiger partial charge in [-0.15, -0.1) is 0 Å². The minimum atomic E-state index is -4.05. The van der Waals surface area contributed by atoms with Crippen molar-refractivity contribution in [3.05, 3.63) is 70.3 Å². The fourth-order valence-electron chi connectivity index (χ4n) is 9.28. The number of carbonyl (C=O) groups excluding carboxylic acids is 2. The van der Waals surface area contributed by atoms with E-state index in [0.29, 0.717) is 68.6 Å². The number of fused-ring (bicyclic) bond motifs is 4. The molecule has 0 unspecified atom stereocenters. The number of aryl methyl sites for hydroxylation is 1. The van der Waals surface area contributed by atoms with Gasteiger partial charge in [-0.1, -0.05) is 35.9 Å². The minimum absolute atomic E-state index is 0.0943. The number of nitrogens with zero attached hydrogens (tertiary/aromatic N) is 3. The smallest absolute Gasteiger partial charge is 0.272 e. The van der Waals surface area contributed by atoms with E-state index < -0.39 is 50.4 Å². The molecule has 5 atom stereocenters. The zero-order valence-corrected chi connectivity index (χ0v) is 33.3. The number of hydrogen-bond acceptors (Lipinski definition) is 9. The van der Waals surface area contributed by atoms with Gasteiger partial charge in [0.05, 0.1) is 49.8 Å². The number of rotatable bonds is 7. The molecule has 1 spiro atoms. The quantitative estimate of drug-likeness (QED) is 0.380. The molecule has 0 radical (unpaired) electrons. The maximum atomic E-state index is 14.0. The molecule has 2 bridgehead atoms. The Morgan fingerprint density at radius 3 is 2.64 bits per heavy atom. The molecule has 2 amide bonds. The lowest BCUT2D eigenvalue weighted by Gasteiger charge is -2.46. The lowest BCUT2D eigenvalue weighted by molar-refractivity contribution is -0.148. The molecule has 0 aromatic heterocycles. The van der Waals surface area contributed by atoms with Crippen LogP contribution in [0.3, 0.4) is 0 Å². The molecule has 2 aromatic carbocycles. The molecule has 3 heterocycles. The van der Waals surface area contributed by atoms with Crippen LogP contribution in [0.2, 0.25) is 5.02 Å². The Morgan fingerprint density at radius 2 is 1.91 bits per heavy atom. The van der Waals surface area contributed by atoms with Crippen LogP contribution in [0.1, 0.15) is 68.1 Å². The summed E-state index contributed by atoms with van der Waals surface area (Å²) in [7, 11) is -2.47. The SMILES string of the molecule is CN1CC/C=C/[C@H](OCCN2CC(F)(F)C2)[C@@H]2CC[C@H]2CN2C[C@@]3(CCCc4cc(Cl)ccc43)COc3ccc(cc32)[C@@](O)(C(=O)NS(=O)(=O)C2CC2)CC1=O. The van der Waals surface area contributed by atoms with Gasteiger partial charge in [0.2, 0.25) is 15.9 Å². The number of carbonyl (C=O) groups is 2. The minimum Gasteiger partial charge on any atom is -0.490 e. The second kappa shape index (κ2) is 15.1. The standard InChI is InChI=1S/C41H51ClF2N4O7S/c1-46-16-3-2-6-35(54-18-17-47-24-40(43,44)25-47)32-12-7-28(32)22-48-23-39(15-4-5-27-19-30(42)9-13-33(27)39)26-55-36-14-8-29(20-34(36)48)41(51,21-37(46)49)38(50)45-56(52,53)31-10-11-31/h2,6,8-9,13-14,19-20,28,31-32,35,51H,3-5,7,10-12,15-18,21-26H2,1H3,(H,45,50)/b6-2+/t28-,32+,35-,39-,41+/m0/s1. The molecule has 11 nitrogen and oxygen atoms in total. The average Bonchev–Trinajstić information content (AvgIpc) is 4.00. The molecule has 56 heavy (non-hydrogen) atoms. The topological polar surface area (TPSA) is 129 Å². The number of likely N-dealkylation sites (tertiary alicyclic amines) is 1. The van der Waals surface area contributed by atoms with E-state index in [1.165, 1.54) is 16.0 Å². The van der Waals surface area contributed by atoms with Gasteiger partial charge in [-0.25, -0.2) is 17.2 Å². The fraction of sp³-hybridized carbons (Fsp3) is 0.610. The van der Waals surface area contributed by atoms with Gasteiger partial charge in [-0.05, 0) is 104 Å². The average molecular weight is 817 g/mol. The number of aliphatic hydroxyl groups is 1. The van der Waals surface area contributed by atoms with Crippen molar-refractivity contribution in [3.8, 4) is 5.75 Å². The van der Waals surface area contributed by atoms with Gasteiger partial charge in [0, 0.05) is 43.7 Å². The van der Waals surface area contributed by atoms with Crippen molar-refractivity contribution in [2.75, 3.05) is 64.4 Å². The van der Waals surface area contributed by atoms with Crippen molar-refractivity contribution in [1.29, 1.82) is 0 Å². The van der Waals surface area contributed by atoms with E-state index in [-0.39, 0.29) is 43.1 Å². The molecule has 3 fully saturated rings. The Kier molecular flexibility index (Phi) is 10.7. The molecule has 3 aliphatic heterocycles. The Hall–Kier alpha value is -3.30. The Bertz CT molecular complexity index is 1990. The first-order chi connectivity index (χ1) is 26.6. The van der Waals surface area contributed by atoms with E-state index in [2.05, 4.69) is 15.7 Å². The molecule has 8 rings (SSSR count). The van der Waals surface area contributed by atoms with Crippen molar-refractivity contribution >= 4 is 39.1 Å². The van der Waals surface area contributed by atoms with Gasteiger partial charge in [-0.3, -0.25) is 19.2 Å². The number of ether oxygens (including phenoxy) is 2. The highest BCUT2D eigenvalue weighted by atomic mass is 35.5. The van der Waals surface area contributed by atoms with Crippen LogP contribution >= 0.6 is 11.6 Å². The third-order valence-electron chi connectivity index (χ3n) is 12.9. The Balaban J connectivity index is 1.17. The van der Waals surface area contributed by atoms with E-state index in [0.717, 1.165) is 32.1 Å². The van der Waals surface area contributed by atoms with Crippen LogP contribution < -0.4 is 14.4 Å². The predicted molar refractivity (Wildman–Crippen MR) is 208 cm³/mol. The molecule has 2 saturated carbocycles. The van der Waals surface area contributed by atoms with Crippen molar-refractivity contribution in [1.82, 2.24) is 14.5 Å². The summed E-state index contributed by atoms with van der Waals surface area (Å²) in [4.78, 5) is 33.1. The number of amides is 2. The monoisotopic (exact) mass is 816 g/mol. The largest absolute Gasteiger partial charge is 0.490 e. The summed E-state index contributed by atoms with van der Waals surface area (Å²) in [6.45, 7) is 2.04. The van der Waals surface area contributed by atoms with Crippen molar-refractivity contribution in [3.63, 3.8) is 0 Å². The highest BCUT2D eigenvalue weighted by Crippen LogP contribution is 2.48.